The Balaban J connectivity index is 2.28. The number of amides is 1. The van der Waals surface area contributed by atoms with Crippen molar-refractivity contribution >= 4 is 27.5 Å². The molecular formula is C15H15BrN2O2. The molecule has 1 unspecified atom stereocenters. The molecule has 1 atom stereocenters. The molecule has 104 valence electrons. The van der Waals surface area contributed by atoms with E-state index in [1.165, 1.54) is 7.11 Å². The van der Waals surface area contributed by atoms with Gasteiger partial charge in [0.2, 0.25) is 5.88 Å². The molecule has 0 saturated carbocycles. The maximum Gasteiger partial charge on any atom is 0.261 e. The number of halogens is 1. The standard InChI is InChI=1S/C15H15BrN2O2/c1-10(16)11-6-3-4-8-13(11)18-14(19)12-7-5-9-17-15(12)20-2/h3-10H,1-2H3,(H,18,19). The second-order valence-corrected chi connectivity index (χ2v) is 5.59. The fraction of sp³-hybridized carbons (Fsp3) is 0.200. The van der Waals surface area contributed by atoms with Gasteiger partial charge < -0.3 is 10.1 Å². The molecule has 0 bridgehead atoms. The fourth-order valence-corrected chi connectivity index (χ4v) is 2.27. The van der Waals surface area contributed by atoms with Crippen molar-refractivity contribution in [3.05, 3.63) is 53.7 Å². The molecule has 1 heterocycles. The van der Waals surface area contributed by atoms with Gasteiger partial charge in [0.05, 0.1) is 7.11 Å². The number of carbonyl (C=O) groups excluding carboxylic acids is 1. The van der Waals surface area contributed by atoms with Gasteiger partial charge in [0.25, 0.3) is 5.91 Å². The first-order valence-electron chi connectivity index (χ1n) is 6.17. The van der Waals surface area contributed by atoms with Crippen LogP contribution in [0.1, 0.15) is 27.7 Å². The Hall–Kier alpha value is -1.88. The van der Waals surface area contributed by atoms with Crippen LogP contribution >= 0.6 is 15.9 Å². The van der Waals surface area contributed by atoms with Crippen LogP contribution in [0, 0.1) is 0 Å². The summed E-state index contributed by atoms with van der Waals surface area (Å²) in [5.74, 6) is 0.0740. The summed E-state index contributed by atoms with van der Waals surface area (Å²) in [6.45, 7) is 2.01. The highest BCUT2D eigenvalue weighted by Crippen LogP contribution is 2.29. The highest BCUT2D eigenvalue weighted by molar-refractivity contribution is 9.09. The van der Waals surface area contributed by atoms with Gasteiger partial charge in [-0.3, -0.25) is 4.79 Å². The van der Waals surface area contributed by atoms with Crippen molar-refractivity contribution in [1.82, 2.24) is 4.98 Å². The molecule has 0 spiro atoms. The summed E-state index contributed by atoms with van der Waals surface area (Å²) in [4.78, 5) is 16.5. The maximum atomic E-state index is 12.3. The Morgan fingerprint density at radius 2 is 2.05 bits per heavy atom. The highest BCUT2D eigenvalue weighted by Gasteiger charge is 2.15. The average molecular weight is 335 g/mol. The van der Waals surface area contributed by atoms with Crippen molar-refractivity contribution in [2.75, 3.05) is 12.4 Å². The van der Waals surface area contributed by atoms with Crippen LogP contribution in [0.5, 0.6) is 5.88 Å². The zero-order chi connectivity index (χ0) is 14.5. The van der Waals surface area contributed by atoms with Crippen LogP contribution in [-0.2, 0) is 0 Å². The molecular weight excluding hydrogens is 320 g/mol. The minimum Gasteiger partial charge on any atom is -0.480 e. The monoisotopic (exact) mass is 334 g/mol. The number of alkyl halides is 1. The van der Waals surface area contributed by atoms with Crippen LogP contribution in [0.4, 0.5) is 5.69 Å². The van der Waals surface area contributed by atoms with E-state index in [-0.39, 0.29) is 10.7 Å². The molecule has 0 radical (unpaired) electrons. The van der Waals surface area contributed by atoms with Gasteiger partial charge in [-0.2, -0.15) is 0 Å². The summed E-state index contributed by atoms with van der Waals surface area (Å²) >= 11 is 3.52. The second kappa shape index (κ2) is 6.52. The van der Waals surface area contributed by atoms with Crippen LogP contribution < -0.4 is 10.1 Å². The van der Waals surface area contributed by atoms with Crippen LogP contribution in [0.3, 0.4) is 0 Å². The third-order valence-corrected chi connectivity index (χ3v) is 3.34. The predicted octanol–water partition coefficient (Wildman–Crippen LogP) is 3.80. The molecule has 1 N–H and O–H groups in total. The Kier molecular flexibility index (Phi) is 4.74. The Morgan fingerprint density at radius 1 is 1.30 bits per heavy atom. The molecule has 2 rings (SSSR count). The first-order valence-corrected chi connectivity index (χ1v) is 7.08. The zero-order valence-electron chi connectivity index (χ0n) is 11.3. The number of rotatable bonds is 4. The molecule has 0 aliphatic rings. The number of nitrogens with zero attached hydrogens (tertiary/aromatic N) is 1. The summed E-state index contributed by atoms with van der Waals surface area (Å²) in [7, 11) is 1.49. The molecule has 0 fully saturated rings. The molecule has 5 heteroatoms. The van der Waals surface area contributed by atoms with Crippen LogP contribution in [0.15, 0.2) is 42.6 Å². The lowest BCUT2D eigenvalue weighted by Gasteiger charge is -2.13. The number of para-hydroxylation sites is 1. The first kappa shape index (κ1) is 14.5. The summed E-state index contributed by atoms with van der Waals surface area (Å²) in [6, 6.07) is 11.0. The number of pyridine rings is 1. The van der Waals surface area contributed by atoms with E-state index in [1.54, 1.807) is 18.3 Å². The van der Waals surface area contributed by atoms with E-state index in [0.29, 0.717) is 11.4 Å². The number of hydrogen-bond donors (Lipinski definition) is 1. The number of ether oxygens (including phenoxy) is 1. The number of hydrogen-bond acceptors (Lipinski definition) is 3. The van der Waals surface area contributed by atoms with Gasteiger partial charge in [0, 0.05) is 16.7 Å². The molecule has 0 aliphatic heterocycles. The Labute approximate surface area is 126 Å². The van der Waals surface area contributed by atoms with Crippen molar-refractivity contribution in [3.63, 3.8) is 0 Å². The molecule has 4 nitrogen and oxygen atoms in total. The SMILES string of the molecule is COc1ncccc1C(=O)Nc1ccccc1C(C)Br. The molecule has 2 aromatic rings. The number of carbonyl (C=O) groups is 1. The minimum absolute atomic E-state index is 0.148. The summed E-state index contributed by atoms with van der Waals surface area (Å²) in [6.07, 6.45) is 1.59. The van der Waals surface area contributed by atoms with Gasteiger partial charge in [-0.25, -0.2) is 4.98 Å². The Morgan fingerprint density at radius 3 is 2.75 bits per heavy atom. The van der Waals surface area contributed by atoms with E-state index < -0.39 is 0 Å². The first-order chi connectivity index (χ1) is 9.63. The highest BCUT2D eigenvalue weighted by atomic mass is 79.9. The number of nitrogens with one attached hydrogen (secondary N) is 1. The average Bonchev–Trinajstić information content (AvgIpc) is 2.47. The number of benzene rings is 1. The van der Waals surface area contributed by atoms with Crippen molar-refractivity contribution in [1.29, 1.82) is 0 Å². The van der Waals surface area contributed by atoms with Crippen LogP contribution in [-0.4, -0.2) is 18.0 Å². The summed E-state index contributed by atoms with van der Waals surface area (Å²) < 4.78 is 5.10. The van der Waals surface area contributed by atoms with E-state index in [4.69, 9.17) is 4.74 Å². The molecule has 0 aliphatic carbocycles. The van der Waals surface area contributed by atoms with Gasteiger partial charge >= 0.3 is 0 Å². The smallest absolute Gasteiger partial charge is 0.261 e. The lowest BCUT2D eigenvalue weighted by molar-refractivity contribution is 0.102. The lowest BCUT2D eigenvalue weighted by Crippen LogP contribution is -2.15. The van der Waals surface area contributed by atoms with E-state index in [9.17, 15) is 4.79 Å². The van der Waals surface area contributed by atoms with E-state index in [1.807, 2.05) is 31.2 Å². The number of methoxy groups -OCH3 is 1. The second-order valence-electron chi connectivity index (χ2n) is 4.22. The zero-order valence-corrected chi connectivity index (χ0v) is 12.8. The Bertz CT molecular complexity index is 614. The summed E-state index contributed by atoms with van der Waals surface area (Å²) in [5, 5.41) is 2.89. The van der Waals surface area contributed by atoms with Crippen molar-refractivity contribution in [2.24, 2.45) is 0 Å². The largest absolute Gasteiger partial charge is 0.480 e. The fourth-order valence-electron chi connectivity index (χ4n) is 1.87. The normalized spacial score (nSPS) is 11.8. The van der Waals surface area contributed by atoms with Gasteiger partial charge in [-0.05, 0) is 30.7 Å². The van der Waals surface area contributed by atoms with Crippen molar-refractivity contribution in [2.45, 2.75) is 11.8 Å². The minimum atomic E-state index is -0.240. The van der Waals surface area contributed by atoms with Crippen LogP contribution in [0.25, 0.3) is 0 Å². The molecule has 20 heavy (non-hydrogen) atoms. The van der Waals surface area contributed by atoms with Gasteiger partial charge in [-0.1, -0.05) is 34.1 Å². The van der Waals surface area contributed by atoms with E-state index >= 15 is 0 Å². The molecule has 0 saturated heterocycles. The van der Waals surface area contributed by atoms with Crippen LogP contribution in [0.2, 0.25) is 0 Å². The topological polar surface area (TPSA) is 51.2 Å². The maximum absolute atomic E-state index is 12.3. The predicted molar refractivity (Wildman–Crippen MR) is 82.5 cm³/mol. The molecule has 1 amide bonds. The van der Waals surface area contributed by atoms with Gasteiger partial charge in [0.1, 0.15) is 5.56 Å². The third kappa shape index (κ3) is 3.17. The van der Waals surface area contributed by atoms with Crippen molar-refractivity contribution in [3.8, 4) is 5.88 Å². The third-order valence-electron chi connectivity index (χ3n) is 2.85. The number of aromatic nitrogens is 1. The van der Waals surface area contributed by atoms with Gasteiger partial charge in [0.15, 0.2) is 0 Å². The number of anilines is 1. The van der Waals surface area contributed by atoms with E-state index in [2.05, 4.69) is 26.2 Å². The van der Waals surface area contributed by atoms with E-state index in [0.717, 1.165) is 11.3 Å². The quantitative estimate of drug-likeness (QED) is 0.865. The molecule has 1 aromatic heterocycles. The summed E-state index contributed by atoms with van der Waals surface area (Å²) in [5.41, 5.74) is 2.20. The van der Waals surface area contributed by atoms with Crippen molar-refractivity contribution < 1.29 is 9.53 Å². The lowest BCUT2D eigenvalue weighted by atomic mass is 10.1. The molecule has 1 aromatic carbocycles. The van der Waals surface area contributed by atoms with Gasteiger partial charge in [-0.15, -0.1) is 0 Å².